The van der Waals surface area contributed by atoms with Gasteiger partial charge in [-0.25, -0.2) is 4.98 Å². The van der Waals surface area contributed by atoms with Gasteiger partial charge in [-0.05, 0) is 24.6 Å². The molecule has 1 heterocycles. The van der Waals surface area contributed by atoms with E-state index in [0.29, 0.717) is 5.69 Å². The molecule has 2 rings (SSSR count). The van der Waals surface area contributed by atoms with Crippen molar-refractivity contribution in [3.05, 3.63) is 30.9 Å². The zero-order valence-electron chi connectivity index (χ0n) is 11.1. The Bertz CT molecular complexity index is 682. The van der Waals surface area contributed by atoms with Gasteiger partial charge in [0.05, 0.1) is 10.2 Å². The summed E-state index contributed by atoms with van der Waals surface area (Å²) in [4.78, 5) is 26.3. The Hall–Kier alpha value is -1.86. The van der Waals surface area contributed by atoms with Gasteiger partial charge < -0.3 is 15.2 Å². The Morgan fingerprint density at radius 2 is 2.24 bits per heavy atom. The van der Waals surface area contributed by atoms with Crippen molar-refractivity contribution < 1.29 is 14.7 Å². The summed E-state index contributed by atoms with van der Waals surface area (Å²) in [5, 5.41) is 13.0. The Labute approximate surface area is 130 Å². The highest BCUT2D eigenvalue weighted by Gasteiger charge is 2.07. The number of aromatic nitrogens is 1. The predicted molar refractivity (Wildman–Crippen MR) is 83.4 cm³/mol. The van der Waals surface area contributed by atoms with Crippen molar-refractivity contribution in [3.63, 3.8) is 0 Å². The summed E-state index contributed by atoms with van der Waals surface area (Å²) in [6.45, 7) is 3.67. The summed E-state index contributed by atoms with van der Waals surface area (Å²) in [7, 11) is 0. The number of hydrogen-bond donors (Lipinski definition) is 1. The van der Waals surface area contributed by atoms with Gasteiger partial charge in [0, 0.05) is 23.8 Å². The summed E-state index contributed by atoms with van der Waals surface area (Å²) < 4.78 is 1.92. The van der Waals surface area contributed by atoms with E-state index < -0.39 is 5.97 Å². The largest absolute Gasteiger partial charge is 0.550 e. The van der Waals surface area contributed by atoms with Crippen LogP contribution in [0.3, 0.4) is 0 Å². The van der Waals surface area contributed by atoms with Crippen LogP contribution in [0.15, 0.2) is 35.2 Å². The van der Waals surface area contributed by atoms with E-state index >= 15 is 0 Å². The van der Waals surface area contributed by atoms with E-state index in [9.17, 15) is 14.7 Å². The first-order valence-corrected chi connectivity index (χ1v) is 8.02. The molecule has 2 aromatic rings. The summed E-state index contributed by atoms with van der Waals surface area (Å²) in [6, 6.07) is 5.42. The molecule has 0 bridgehead atoms. The minimum absolute atomic E-state index is 0.0938. The number of rotatable bonds is 7. The van der Waals surface area contributed by atoms with E-state index in [1.54, 1.807) is 29.2 Å². The van der Waals surface area contributed by atoms with Gasteiger partial charge in [0.1, 0.15) is 0 Å². The highest BCUT2D eigenvalue weighted by atomic mass is 32.2. The van der Waals surface area contributed by atoms with Crippen LogP contribution in [-0.4, -0.2) is 22.6 Å². The normalized spacial score (nSPS) is 10.5. The molecule has 0 fully saturated rings. The Morgan fingerprint density at radius 3 is 2.95 bits per heavy atom. The van der Waals surface area contributed by atoms with Crippen molar-refractivity contribution in [2.24, 2.45) is 0 Å². The fourth-order valence-electron chi connectivity index (χ4n) is 1.61. The van der Waals surface area contributed by atoms with Gasteiger partial charge in [0.2, 0.25) is 5.91 Å². The molecule has 0 aliphatic rings. The molecule has 5 nitrogen and oxygen atoms in total. The van der Waals surface area contributed by atoms with Crippen LogP contribution in [-0.2, 0) is 9.59 Å². The quantitative estimate of drug-likeness (QED) is 0.623. The fourth-order valence-corrected chi connectivity index (χ4v) is 3.48. The van der Waals surface area contributed by atoms with Crippen LogP contribution in [0.1, 0.15) is 12.8 Å². The lowest BCUT2D eigenvalue weighted by molar-refractivity contribution is -0.305. The molecule has 0 aliphatic carbocycles. The van der Waals surface area contributed by atoms with E-state index in [2.05, 4.69) is 16.9 Å². The first-order valence-electron chi connectivity index (χ1n) is 6.22. The van der Waals surface area contributed by atoms with Crippen LogP contribution in [0, 0.1) is 0 Å². The zero-order chi connectivity index (χ0) is 15.2. The van der Waals surface area contributed by atoms with Crippen molar-refractivity contribution >= 4 is 50.9 Å². The van der Waals surface area contributed by atoms with Crippen molar-refractivity contribution in [3.8, 4) is 0 Å². The van der Waals surface area contributed by atoms with Crippen LogP contribution >= 0.6 is 23.1 Å². The Kier molecular flexibility index (Phi) is 5.35. The molecule has 1 amide bonds. The maximum Gasteiger partial charge on any atom is 0.224 e. The summed E-state index contributed by atoms with van der Waals surface area (Å²) >= 11 is 3.15. The highest BCUT2D eigenvalue weighted by molar-refractivity contribution is 8.01. The van der Waals surface area contributed by atoms with Crippen LogP contribution in [0.4, 0.5) is 5.69 Å². The average molecular weight is 321 g/mol. The number of carbonyl (C=O) groups excluding carboxylic acids is 2. The zero-order valence-corrected chi connectivity index (χ0v) is 12.8. The number of fused-ring (bicyclic) bond motifs is 1. The lowest BCUT2D eigenvalue weighted by Gasteiger charge is -2.05. The third-order valence-electron chi connectivity index (χ3n) is 2.53. The summed E-state index contributed by atoms with van der Waals surface area (Å²) in [5.41, 5.74) is 1.51. The summed E-state index contributed by atoms with van der Waals surface area (Å²) in [5.74, 6) is -0.775. The molecular formula is C14H13N2O3S2-. The predicted octanol–water partition coefficient (Wildman–Crippen LogP) is 2.04. The van der Waals surface area contributed by atoms with Crippen molar-refractivity contribution in [1.29, 1.82) is 0 Å². The van der Waals surface area contributed by atoms with Crippen LogP contribution in [0.5, 0.6) is 0 Å². The van der Waals surface area contributed by atoms with Crippen molar-refractivity contribution in [2.75, 3.05) is 11.1 Å². The SMILES string of the molecule is C=CCSc1nc2ccc(NC(=O)CCC(=O)[O-])cc2s1. The number of thioether (sulfide) groups is 1. The van der Waals surface area contributed by atoms with E-state index in [-0.39, 0.29) is 18.7 Å². The number of carboxylic acids is 1. The van der Waals surface area contributed by atoms with Gasteiger partial charge in [0.25, 0.3) is 0 Å². The van der Waals surface area contributed by atoms with Crippen LogP contribution in [0.25, 0.3) is 10.2 Å². The maximum absolute atomic E-state index is 11.6. The maximum atomic E-state index is 11.6. The molecule has 0 spiro atoms. The number of amides is 1. The van der Waals surface area contributed by atoms with E-state index in [0.717, 1.165) is 20.3 Å². The first-order chi connectivity index (χ1) is 10.1. The van der Waals surface area contributed by atoms with E-state index in [1.165, 1.54) is 0 Å². The van der Waals surface area contributed by atoms with Gasteiger partial charge in [-0.3, -0.25) is 4.79 Å². The molecule has 0 saturated heterocycles. The molecule has 1 aromatic heterocycles. The number of thiazole rings is 1. The monoisotopic (exact) mass is 321 g/mol. The highest BCUT2D eigenvalue weighted by Crippen LogP contribution is 2.31. The summed E-state index contributed by atoms with van der Waals surface area (Å²) in [6.07, 6.45) is 1.44. The van der Waals surface area contributed by atoms with Gasteiger partial charge in [-0.15, -0.1) is 17.9 Å². The Balaban J connectivity index is 2.05. The van der Waals surface area contributed by atoms with Crippen LogP contribution in [0.2, 0.25) is 0 Å². The second kappa shape index (κ2) is 7.24. The minimum atomic E-state index is -1.23. The smallest absolute Gasteiger partial charge is 0.224 e. The molecule has 0 atom stereocenters. The molecule has 0 aliphatic heterocycles. The molecular weight excluding hydrogens is 308 g/mol. The lowest BCUT2D eigenvalue weighted by atomic mass is 10.2. The minimum Gasteiger partial charge on any atom is -0.550 e. The second-order valence-electron chi connectivity index (χ2n) is 4.18. The number of hydrogen-bond acceptors (Lipinski definition) is 6. The number of nitrogens with zero attached hydrogens (tertiary/aromatic N) is 1. The number of anilines is 1. The van der Waals surface area contributed by atoms with Crippen molar-refractivity contribution in [1.82, 2.24) is 4.98 Å². The molecule has 1 aromatic carbocycles. The molecule has 21 heavy (non-hydrogen) atoms. The molecule has 0 unspecified atom stereocenters. The second-order valence-corrected chi connectivity index (χ2v) is 6.48. The molecule has 110 valence electrons. The lowest BCUT2D eigenvalue weighted by Crippen LogP contribution is -2.24. The number of carboxylic acid groups (broad SMARTS) is 1. The Morgan fingerprint density at radius 1 is 1.43 bits per heavy atom. The van der Waals surface area contributed by atoms with Gasteiger partial charge in [-0.1, -0.05) is 17.8 Å². The number of aliphatic carboxylic acids is 1. The number of nitrogens with one attached hydrogen (secondary N) is 1. The average Bonchev–Trinajstić information content (AvgIpc) is 2.85. The molecule has 0 radical (unpaired) electrons. The molecule has 1 N–H and O–H groups in total. The number of benzene rings is 1. The van der Waals surface area contributed by atoms with E-state index in [1.807, 2.05) is 18.2 Å². The van der Waals surface area contributed by atoms with Gasteiger partial charge in [-0.2, -0.15) is 0 Å². The standard InChI is InChI=1S/C14H14N2O3S2/c1-2-7-20-14-16-10-4-3-9(8-11(10)21-14)15-12(17)5-6-13(18)19/h2-4,8H,1,5-7H2,(H,15,17)(H,18,19)/p-1. The molecule has 0 saturated carbocycles. The number of carbonyl (C=O) groups is 2. The first kappa shape index (κ1) is 15.5. The van der Waals surface area contributed by atoms with Gasteiger partial charge >= 0.3 is 0 Å². The van der Waals surface area contributed by atoms with Crippen molar-refractivity contribution in [2.45, 2.75) is 17.2 Å². The topological polar surface area (TPSA) is 82.1 Å². The molecule has 7 heteroatoms. The van der Waals surface area contributed by atoms with Gasteiger partial charge in [0.15, 0.2) is 4.34 Å². The third kappa shape index (κ3) is 4.57. The fraction of sp³-hybridized carbons (Fsp3) is 0.214. The third-order valence-corrected chi connectivity index (χ3v) is 4.69. The van der Waals surface area contributed by atoms with E-state index in [4.69, 9.17) is 0 Å². The van der Waals surface area contributed by atoms with Crippen LogP contribution < -0.4 is 10.4 Å².